The molecule has 0 aliphatic heterocycles. The van der Waals surface area contributed by atoms with Gasteiger partial charge in [-0.05, 0) is 42.8 Å². The summed E-state index contributed by atoms with van der Waals surface area (Å²) < 4.78 is 44.8. The quantitative estimate of drug-likeness (QED) is 0.0381. The summed E-state index contributed by atoms with van der Waals surface area (Å²) in [6.07, 6.45) is 8.54. The first kappa shape index (κ1) is 60.9. The maximum atomic E-state index is 12.4. The molecule has 0 saturated heterocycles. The van der Waals surface area contributed by atoms with Crippen molar-refractivity contribution in [3.05, 3.63) is 108 Å². The van der Waals surface area contributed by atoms with Gasteiger partial charge in [0.05, 0.1) is 16.7 Å². The van der Waals surface area contributed by atoms with Crippen LogP contribution in [-0.2, 0) is 71.4 Å². The summed E-state index contributed by atoms with van der Waals surface area (Å²) in [4.78, 5) is 102. The monoisotopic (exact) mass is 980 g/mol. The van der Waals surface area contributed by atoms with Crippen LogP contribution in [0, 0.1) is 0 Å². The van der Waals surface area contributed by atoms with Gasteiger partial charge >= 0.3 is 53.7 Å². The smallest absolute Gasteiger partial charge is 0.338 e. The lowest BCUT2D eigenvalue weighted by atomic mass is 10.1. The second-order valence-electron chi connectivity index (χ2n) is 15.5. The average Bonchev–Trinajstić information content (AvgIpc) is 3.34. The van der Waals surface area contributed by atoms with Crippen molar-refractivity contribution in [1.82, 2.24) is 0 Å². The zero-order valence-electron chi connectivity index (χ0n) is 41.1. The molecule has 0 N–H and O–H groups in total. The predicted molar refractivity (Wildman–Crippen MR) is 253 cm³/mol. The molecule has 18 heteroatoms. The second kappa shape index (κ2) is 37.8. The Labute approximate surface area is 409 Å². The van der Waals surface area contributed by atoms with Crippen molar-refractivity contribution in [3.63, 3.8) is 0 Å². The number of hydrogen-bond acceptors (Lipinski definition) is 18. The Bertz CT molecular complexity index is 1930. The molecule has 0 aliphatic carbocycles. The number of benzene rings is 3. The molecular weight excluding hydrogens is 913 g/mol. The number of esters is 9. The largest absolute Gasteiger partial charge is 0.462 e. The number of ether oxygens (including phenoxy) is 9. The highest BCUT2D eigenvalue weighted by Gasteiger charge is 2.22. The molecule has 70 heavy (non-hydrogen) atoms. The van der Waals surface area contributed by atoms with Crippen LogP contribution in [0.25, 0.3) is 0 Å². The fraction of sp³-hybridized carbons (Fsp3) is 0.481. The molecule has 0 aromatic heterocycles. The van der Waals surface area contributed by atoms with Gasteiger partial charge in [0, 0.05) is 41.0 Å². The van der Waals surface area contributed by atoms with E-state index in [0.29, 0.717) is 23.1 Å². The Morgan fingerprint density at radius 3 is 0.986 bits per heavy atom. The lowest BCUT2D eigenvalue weighted by Gasteiger charge is -2.18. The van der Waals surface area contributed by atoms with E-state index in [2.05, 4.69) is 16.4 Å². The highest BCUT2D eigenvalue weighted by molar-refractivity contribution is 5.91. The Kier molecular flexibility index (Phi) is 32.9. The van der Waals surface area contributed by atoms with Gasteiger partial charge < -0.3 is 42.6 Å². The normalized spacial score (nSPS) is 10.6. The van der Waals surface area contributed by atoms with Crippen LogP contribution >= 0.6 is 0 Å². The number of rotatable bonds is 28. The molecule has 384 valence electrons. The Hall–Kier alpha value is -7.11. The van der Waals surface area contributed by atoms with Crippen molar-refractivity contribution in [1.29, 1.82) is 0 Å². The van der Waals surface area contributed by atoms with E-state index in [1.54, 1.807) is 91.0 Å². The van der Waals surface area contributed by atoms with Crippen LogP contribution in [0.3, 0.4) is 0 Å². The summed E-state index contributed by atoms with van der Waals surface area (Å²) in [5.41, 5.74) is 1.07. The minimum atomic E-state index is -0.960. The summed E-state index contributed by atoms with van der Waals surface area (Å²) >= 11 is 0. The first-order valence-corrected chi connectivity index (χ1v) is 23.1. The fourth-order valence-corrected chi connectivity index (χ4v) is 5.73. The van der Waals surface area contributed by atoms with Gasteiger partial charge in [0.1, 0.15) is 39.6 Å². The number of hydrogen-bond donors (Lipinski definition) is 0. The molecular formula is C52H68O18. The third kappa shape index (κ3) is 32.6. The number of carbonyl (C=O) groups is 9. The minimum Gasteiger partial charge on any atom is -0.462 e. The van der Waals surface area contributed by atoms with Crippen molar-refractivity contribution in [2.24, 2.45) is 0 Å². The van der Waals surface area contributed by atoms with E-state index in [0.717, 1.165) is 19.3 Å². The third-order valence-corrected chi connectivity index (χ3v) is 9.10. The lowest BCUT2D eigenvalue weighted by molar-refractivity contribution is -0.164. The van der Waals surface area contributed by atoms with Gasteiger partial charge in [-0.3, -0.25) is 28.8 Å². The van der Waals surface area contributed by atoms with Crippen LogP contribution in [-0.4, -0.2) is 112 Å². The first-order chi connectivity index (χ1) is 33.5. The molecule has 0 fully saturated rings. The van der Waals surface area contributed by atoms with E-state index in [1.165, 1.54) is 73.1 Å². The first-order valence-electron chi connectivity index (χ1n) is 23.1. The molecule has 0 aliphatic rings. The molecule has 0 amide bonds. The number of carbonyl (C=O) groups excluding carboxylic acids is 9. The second-order valence-corrected chi connectivity index (χ2v) is 15.5. The zero-order chi connectivity index (χ0) is 51.9. The standard InChI is InChI=1S/C24H20O6.C19H34O6.C9H14O6/c25-22(18-10-4-1-5-11-18)28-16-21(30-24(27)20-14-8-3-9-15-20)17-29-23(26)19-12-6-2-7-13-19;1-4-5-6-7-8-9-10-11-12-13-19(22)24-15-18(25-17(3)21)14-23-16(2)20;1-6(10)13-4-9(15-8(3)12)5-14-7(2)11/h1-15,21H,16-17H2;18H,4-15H2,1-3H3;9H,4-5H2,1-3H3. The predicted octanol–water partition coefficient (Wildman–Crippen LogP) is 7.92. The maximum absolute atomic E-state index is 12.4. The molecule has 3 rings (SSSR count). The van der Waals surface area contributed by atoms with E-state index in [9.17, 15) is 43.2 Å². The summed E-state index contributed by atoms with van der Waals surface area (Å²) in [7, 11) is 0. The van der Waals surface area contributed by atoms with Crippen LogP contribution in [0.15, 0.2) is 91.0 Å². The summed E-state index contributed by atoms with van der Waals surface area (Å²) in [5, 5.41) is 0. The lowest BCUT2D eigenvalue weighted by Crippen LogP contribution is -2.31. The zero-order valence-corrected chi connectivity index (χ0v) is 41.1. The molecule has 0 heterocycles. The third-order valence-electron chi connectivity index (χ3n) is 9.10. The minimum absolute atomic E-state index is 0.0941. The summed E-state index contributed by atoms with van der Waals surface area (Å²) in [6.45, 7) is 7.45. The molecule has 0 radical (unpaired) electrons. The SMILES string of the molecule is CC(=O)OCC(COC(C)=O)OC(C)=O.CCCCCCCCCCCC(=O)OCC(COC(C)=O)OC(C)=O.O=C(OCC(COC(=O)c1ccccc1)OC(=O)c1ccccc1)c1ccccc1. The van der Waals surface area contributed by atoms with E-state index < -0.39 is 66.1 Å². The van der Waals surface area contributed by atoms with E-state index in [-0.39, 0.29) is 45.6 Å². The summed E-state index contributed by atoms with van der Waals surface area (Å²) in [5.74, 6) is -4.54. The number of unbranched alkanes of at least 4 members (excludes halogenated alkanes) is 8. The average molecular weight is 981 g/mol. The maximum Gasteiger partial charge on any atom is 0.338 e. The van der Waals surface area contributed by atoms with Crippen LogP contribution < -0.4 is 0 Å². The molecule has 0 bridgehead atoms. The molecule has 0 spiro atoms. The molecule has 1 atom stereocenters. The van der Waals surface area contributed by atoms with Crippen molar-refractivity contribution in [3.8, 4) is 0 Å². The topological polar surface area (TPSA) is 237 Å². The van der Waals surface area contributed by atoms with Crippen LogP contribution in [0.5, 0.6) is 0 Å². The highest BCUT2D eigenvalue weighted by Crippen LogP contribution is 2.12. The van der Waals surface area contributed by atoms with Crippen LogP contribution in [0.1, 0.15) is 137 Å². The Balaban J connectivity index is 0.000000556. The Morgan fingerprint density at radius 2 is 0.643 bits per heavy atom. The molecule has 1 unspecified atom stereocenters. The Morgan fingerprint density at radius 1 is 0.343 bits per heavy atom. The van der Waals surface area contributed by atoms with Crippen molar-refractivity contribution in [2.75, 3.05) is 39.6 Å². The molecule has 3 aromatic carbocycles. The van der Waals surface area contributed by atoms with Crippen LogP contribution in [0.2, 0.25) is 0 Å². The van der Waals surface area contributed by atoms with E-state index in [1.807, 2.05) is 0 Å². The van der Waals surface area contributed by atoms with Crippen molar-refractivity contribution >= 4 is 53.7 Å². The van der Waals surface area contributed by atoms with Crippen molar-refractivity contribution < 1.29 is 85.8 Å². The molecule has 0 saturated carbocycles. The highest BCUT2D eigenvalue weighted by atomic mass is 16.6. The van der Waals surface area contributed by atoms with Gasteiger partial charge in [0.15, 0.2) is 18.3 Å². The van der Waals surface area contributed by atoms with Gasteiger partial charge in [-0.25, -0.2) is 14.4 Å². The fourth-order valence-electron chi connectivity index (χ4n) is 5.73. The van der Waals surface area contributed by atoms with E-state index >= 15 is 0 Å². The van der Waals surface area contributed by atoms with Gasteiger partial charge in [-0.1, -0.05) is 113 Å². The van der Waals surface area contributed by atoms with Crippen LogP contribution in [0.4, 0.5) is 0 Å². The van der Waals surface area contributed by atoms with Gasteiger partial charge in [-0.15, -0.1) is 0 Å². The summed E-state index contributed by atoms with van der Waals surface area (Å²) in [6, 6.07) is 25.3. The molecule has 3 aromatic rings. The van der Waals surface area contributed by atoms with E-state index in [4.69, 9.17) is 33.2 Å². The van der Waals surface area contributed by atoms with Gasteiger partial charge in [0.25, 0.3) is 0 Å². The van der Waals surface area contributed by atoms with Crippen molar-refractivity contribution in [2.45, 2.75) is 124 Å². The van der Waals surface area contributed by atoms with Gasteiger partial charge in [0.2, 0.25) is 0 Å². The molecule has 18 nitrogen and oxygen atoms in total. The van der Waals surface area contributed by atoms with Gasteiger partial charge in [-0.2, -0.15) is 0 Å².